The molecule has 0 radical (unpaired) electrons. The Bertz CT molecular complexity index is 831. The van der Waals surface area contributed by atoms with Gasteiger partial charge in [-0.25, -0.2) is 8.78 Å². The van der Waals surface area contributed by atoms with Crippen LogP contribution in [0.15, 0.2) is 46.9 Å². The van der Waals surface area contributed by atoms with E-state index in [0.29, 0.717) is 0 Å². The molecule has 0 amide bonds. The van der Waals surface area contributed by atoms with Crippen LogP contribution in [0.5, 0.6) is 0 Å². The number of hydrogen-bond acceptors (Lipinski definition) is 4. The highest BCUT2D eigenvalue weighted by Gasteiger charge is 2.16. The quantitative estimate of drug-likeness (QED) is 0.730. The van der Waals surface area contributed by atoms with Crippen molar-refractivity contribution >= 4 is 11.7 Å². The standard InChI is InChI=1S/C18H17F2N3O/c1-18(2,3)12-9-7-11(8-10-12)16-22-23-17(24-16)21-15-13(19)5-4-6-14(15)20/h4-10H,1-3H3,(H,21,23). The zero-order chi connectivity index (χ0) is 17.3. The van der Waals surface area contributed by atoms with Crippen molar-refractivity contribution in [3.8, 4) is 11.5 Å². The van der Waals surface area contributed by atoms with E-state index in [0.717, 1.165) is 17.7 Å². The summed E-state index contributed by atoms with van der Waals surface area (Å²) in [6, 6.07) is 11.2. The summed E-state index contributed by atoms with van der Waals surface area (Å²) in [6.45, 7) is 6.37. The molecule has 4 nitrogen and oxygen atoms in total. The van der Waals surface area contributed by atoms with Gasteiger partial charge in [-0.1, -0.05) is 44.1 Å². The maximum Gasteiger partial charge on any atom is 0.320 e. The van der Waals surface area contributed by atoms with Crippen molar-refractivity contribution in [1.29, 1.82) is 0 Å². The summed E-state index contributed by atoms with van der Waals surface area (Å²) in [5, 5.41) is 10.2. The molecule has 0 saturated heterocycles. The average molecular weight is 329 g/mol. The minimum atomic E-state index is -0.732. The lowest BCUT2D eigenvalue weighted by molar-refractivity contribution is 0.570. The van der Waals surface area contributed by atoms with Crippen LogP contribution in [-0.2, 0) is 5.41 Å². The van der Waals surface area contributed by atoms with Gasteiger partial charge >= 0.3 is 6.01 Å². The zero-order valence-electron chi connectivity index (χ0n) is 13.6. The molecule has 0 unspecified atom stereocenters. The van der Waals surface area contributed by atoms with E-state index in [4.69, 9.17) is 4.42 Å². The molecule has 3 aromatic rings. The van der Waals surface area contributed by atoms with Crippen LogP contribution in [0, 0.1) is 11.6 Å². The summed E-state index contributed by atoms with van der Waals surface area (Å²) in [5.41, 5.74) is 1.63. The van der Waals surface area contributed by atoms with Crippen LogP contribution in [-0.4, -0.2) is 10.2 Å². The smallest absolute Gasteiger partial charge is 0.320 e. The van der Waals surface area contributed by atoms with E-state index in [2.05, 4.69) is 36.3 Å². The van der Waals surface area contributed by atoms with Gasteiger partial charge in [-0.2, -0.15) is 0 Å². The molecule has 0 saturated carbocycles. The fourth-order valence-electron chi connectivity index (χ4n) is 2.23. The van der Waals surface area contributed by atoms with Crippen LogP contribution in [0.3, 0.4) is 0 Å². The molecule has 0 aliphatic carbocycles. The van der Waals surface area contributed by atoms with Crippen LogP contribution in [0.1, 0.15) is 26.3 Å². The van der Waals surface area contributed by atoms with Gasteiger partial charge in [-0.3, -0.25) is 0 Å². The van der Waals surface area contributed by atoms with E-state index in [1.165, 1.54) is 11.6 Å². The molecule has 24 heavy (non-hydrogen) atoms. The Labute approximate surface area is 138 Å². The number of nitrogens with one attached hydrogen (secondary N) is 1. The topological polar surface area (TPSA) is 51.0 Å². The first kappa shape index (κ1) is 16.1. The fraction of sp³-hybridized carbons (Fsp3) is 0.222. The third kappa shape index (κ3) is 3.27. The predicted molar refractivity (Wildman–Crippen MR) is 88.1 cm³/mol. The summed E-state index contributed by atoms with van der Waals surface area (Å²) < 4.78 is 32.7. The lowest BCUT2D eigenvalue weighted by Gasteiger charge is -2.18. The Morgan fingerprint density at radius 3 is 2.12 bits per heavy atom. The number of rotatable bonds is 3. The van der Waals surface area contributed by atoms with E-state index in [9.17, 15) is 8.78 Å². The van der Waals surface area contributed by atoms with Gasteiger partial charge in [0, 0.05) is 5.56 Å². The first-order chi connectivity index (χ1) is 11.3. The summed E-state index contributed by atoms with van der Waals surface area (Å²) in [5.74, 6) is -1.19. The fourth-order valence-corrected chi connectivity index (χ4v) is 2.23. The zero-order valence-corrected chi connectivity index (χ0v) is 13.6. The van der Waals surface area contributed by atoms with E-state index < -0.39 is 11.6 Å². The van der Waals surface area contributed by atoms with Crippen LogP contribution in [0.25, 0.3) is 11.5 Å². The predicted octanol–water partition coefficient (Wildman–Crippen LogP) is 5.06. The van der Waals surface area contributed by atoms with Gasteiger partial charge in [-0.15, -0.1) is 5.10 Å². The second-order valence-corrected chi connectivity index (χ2v) is 6.46. The molecule has 1 N–H and O–H groups in total. The van der Waals surface area contributed by atoms with Crippen LogP contribution in [0.2, 0.25) is 0 Å². The van der Waals surface area contributed by atoms with Crippen molar-refractivity contribution in [3.63, 3.8) is 0 Å². The van der Waals surface area contributed by atoms with Gasteiger partial charge in [0.05, 0.1) is 0 Å². The number of aromatic nitrogens is 2. The van der Waals surface area contributed by atoms with Crippen LogP contribution in [0.4, 0.5) is 20.5 Å². The number of anilines is 2. The molecule has 2 aromatic carbocycles. The summed E-state index contributed by atoms with van der Waals surface area (Å²) in [6.07, 6.45) is 0. The van der Waals surface area contributed by atoms with Crippen LogP contribution < -0.4 is 5.32 Å². The average Bonchev–Trinajstić information content (AvgIpc) is 2.99. The van der Waals surface area contributed by atoms with E-state index in [-0.39, 0.29) is 23.0 Å². The molecule has 0 aliphatic heterocycles. The highest BCUT2D eigenvalue weighted by Crippen LogP contribution is 2.28. The molecule has 0 aliphatic rings. The van der Waals surface area contributed by atoms with E-state index in [1.807, 2.05) is 24.3 Å². The van der Waals surface area contributed by atoms with E-state index in [1.54, 1.807) is 0 Å². The molecule has 124 valence electrons. The lowest BCUT2D eigenvalue weighted by atomic mass is 9.87. The van der Waals surface area contributed by atoms with Crippen molar-refractivity contribution in [2.45, 2.75) is 26.2 Å². The minimum Gasteiger partial charge on any atom is -0.403 e. The molecule has 3 rings (SSSR count). The lowest BCUT2D eigenvalue weighted by Crippen LogP contribution is -2.10. The molecule has 1 aromatic heterocycles. The SMILES string of the molecule is CC(C)(C)c1ccc(-c2nnc(Nc3c(F)cccc3F)o2)cc1. The van der Waals surface area contributed by atoms with Gasteiger partial charge in [-0.05, 0) is 35.2 Å². The maximum absolute atomic E-state index is 13.6. The minimum absolute atomic E-state index is 0.0441. The van der Waals surface area contributed by atoms with Crippen LogP contribution >= 0.6 is 0 Å². The molecular formula is C18H17F2N3O. The Kier molecular flexibility index (Phi) is 4.05. The molecule has 6 heteroatoms. The normalized spacial score (nSPS) is 11.5. The summed E-state index contributed by atoms with van der Waals surface area (Å²) in [4.78, 5) is 0. The van der Waals surface area contributed by atoms with Gasteiger partial charge in [0.15, 0.2) is 0 Å². The number of hydrogen-bond donors (Lipinski definition) is 1. The number of benzene rings is 2. The van der Waals surface area contributed by atoms with E-state index >= 15 is 0 Å². The third-order valence-electron chi connectivity index (χ3n) is 3.62. The van der Waals surface area contributed by atoms with Gasteiger partial charge in [0.25, 0.3) is 0 Å². The van der Waals surface area contributed by atoms with Gasteiger partial charge < -0.3 is 9.73 Å². The second-order valence-electron chi connectivity index (χ2n) is 6.46. The molecule has 1 heterocycles. The van der Waals surface area contributed by atoms with Crippen molar-refractivity contribution in [3.05, 3.63) is 59.7 Å². The van der Waals surface area contributed by atoms with Crippen molar-refractivity contribution in [2.24, 2.45) is 0 Å². The summed E-state index contributed by atoms with van der Waals surface area (Å²) >= 11 is 0. The first-order valence-corrected chi connectivity index (χ1v) is 7.50. The highest BCUT2D eigenvalue weighted by molar-refractivity contribution is 5.57. The van der Waals surface area contributed by atoms with Crippen molar-refractivity contribution < 1.29 is 13.2 Å². The third-order valence-corrected chi connectivity index (χ3v) is 3.62. The Morgan fingerprint density at radius 1 is 0.917 bits per heavy atom. The Hall–Kier alpha value is -2.76. The Morgan fingerprint density at radius 2 is 1.54 bits per heavy atom. The molecule has 0 fully saturated rings. The monoisotopic (exact) mass is 329 g/mol. The largest absolute Gasteiger partial charge is 0.403 e. The highest BCUT2D eigenvalue weighted by atomic mass is 19.1. The van der Waals surface area contributed by atoms with Crippen molar-refractivity contribution in [2.75, 3.05) is 5.32 Å². The number of halogens is 2. The van der Waals surface area contributed by atoms with Gasteiger partial charge in [0.1, 0.15) is 17.3 Å². The molecule has 0 atom stereocenters. The Balaban J connectivity index is 1.83. The second kappa shape index (κ2) is 6.03. The molecular weight excluding hydrogens is 312 g/mol. The van der Waals surface area contributed by atoms with Crippen molar-refractivity contribution in [1.82, 2.24) is 10.2 Å². The summed E-state index contributed by atoms with van der Waals surface area (Å²) in [7, 11) is 0. The van der Waals surface area contributed by atoms with Gasteiger partial charge in [0.2, 0.25) is 5.89 Å². The number of para-hydroxylation sites is 1. The molecule has 0 spiro atoms. The molecule has 0 bridgehead atoms. The first-order valence-electron chi connectivity index (χ1n) is 7.50. The number of nitrogens with zero attached hydrogens (tertiary/aromatic N) is 2. The maximum atomic E-state index is 13.6.